The topological polar surface area (TPSA) is 105 Å². The van der Waals surface area contributed by atoms with Crippen molar-refractivity contribution in [3.8, 4) is 0 Å². The highest BCUT2D eigenvalue weighted by atomic mass is 16.6. The Morgan fingerprint density at radius 2 is 2.21 bits per heavy atom. The fourth-order valence-electron chi connectivity index (χ4n) is 1.60. The molecule has 7 heteroatoms. The molecule has 19 heavy (non-hydrogen) atoms. The summed E-state index contributed by atoms with van der Waals surface area (Å²) in [4.78, 5) is 24.7. The molecule has 0 aromatic carbocycles. The van der Waals surface area contributed by atoms with E-state index < -0.39 is 10.9 Å². The minimum atomic E-state index is -0.788. The van der Waals surface area contributed by atoms with Crippen molar-refractivity contribution in [1.82, 2.24) is 4.98 Å². The summed E-state index contributed by atoms with van der Waals surface area (Å²) in [5.41, 5.74) is 0.570. The second-order valence-corrected chi connectivity index (χ2v) is 4.24. The number of carboxylic acid groups (broad SMARTS) is 1. The highest BCUT2D eigenvalue weighted by Gasteiger charge is 2.11. The summed E-state index contributed by atoms with van der Waals surface area (Å²) in [6.07, 6.45) is 3.88. The number of aliphatic carboxylic acids is 1. The number of hydrogen-bond acceptors (Lipinski definition) is 5. The van der Waals surface area contributed by atoms with Gasteiger partial charge in [0.2, 0.25) is 0 Å². The lowest BCUT2D eigenvalue weighted by atomic mass is 10.2. The van der Waals surface area contributed by atoms with Gasteiger partial charge >= 0.3 is 5.97 Å². The molecule has 1 aromatic rings. The van der Waals surface area contributed by atoms with Crippen molar-refractivity contribution in [3.63, 3.8) is 0 Å². The predicted molar refractivity (Wildman–Crippen MR) is 70.2 cm³/mol. The molecule has 104 valence electrons. The van der Waals surface area contributed by atoms with Crippen molar-refractivity contribution in [3.05, 3.63) is 27.9 Å². The monoisotopic (exact) mass is 267 g/mol. The average Bonchev–Trinajstić information content (AvgIpc) is 2.34. The number of carboxylic acids is 1. The van der Waals surface area contributed by atoms with E-state index in [9.17, 15) is 14.9 Å². The Labute approximate surface area is 110 Å². The standard InChI is InChI=1S/C12H17N3O4/c1-9-8-14-11(7-10(9)15(18)19)13-6-4-2-3-5-12(16)17/h7-8H,2-6H2,1H3,(H,13,14)(H,16,17). The van der Waals surface area contributed by atoms with E-state index in [1.54, 1.807) is 6.92 Å². The van der Waals surface area contributed by atoms with Crippen LogP contribution in [0.15, 0.2) is 12.3 Å². The quantitative estimate of drug-likeness (QED) is 0.425. The van der Waals surface area contributed by atoms with Crippen molar-refractivity contribution in [1.29, 1.82) is 0 Å². The zero-order valence-corrected chi connectivity index (χ0v) is 10.8. The fourth-order valence-corrected chi connectivity index (χ4v) is 1.60. The molecule has 0 amide bonds. The zero-order chi connectivity index (χ0) is 14.3. The summed E-state index contributed by atoms with van der Waals surface area (Å²) >= 11 is 0. The average molecular weight is 267 g/mol. The summed E-state index contributed by atoms with van der Waals surface area (Å²) in [7, 11) is 0. The number of nitrogens with zero attached hydrogens (tertiary/aromatic N) is 2. The van der Waals surface area contributed by atoms with Crippen LogP contribution in [0, 0.1) is 17.0 Å². The number of anilines is 1. The Balaban J connectivity index is 2.35. The molecule has 0 saturated carbocycles. The molecular weight excluding hydrogens is 250 g/mol. The van der Waals surface area contributed by atoms with E-state index in [2.05, 4.69) is 10.3 Å². The van der Waals surface area contributed by atoms with Gasteiger partial charge in [0.25, 0.3) is 5.69 Å². The van der Waals surface area contributed by atoms with Crippen molar-refractivity contribution >= 4 is 17.5 Å². The minimum absolute atomic E-state index is 0.0448. The van der Waals surface area contributed by atoms with Crippen LogP contribution in [0.25, 0.3) is 0 Å². The van der Waals surface area contributed by atoms with E-state index in [-0.39, 0.29) is 12.1 Å². The molecule has 0 atom stereocenters. The predicted octanol–water partition coefficient (Wildman–Crippen LogP) is 2.36. The zero-order valence-electron chi connectivity index (χ0n) is 10.8. The van der Waals surface area contributed by atoms with Crippen LogP contribution in [-0.2, 0) is 4.79 Å². The van der Waals surface area contributed by atoms with Gasteiger partial charge in [0.1, 0.15) is 5.82 Å². The van der Waals surface area contributed by atoms with E-state index in [0.29, 0.717) is 24.3 Å². The molecule has 1 rings (SSSR count). The minimum Gasteiger partial charge on any atom is -0.481 e. The summed E-state index contributed by atoms with van der Waals surface area (Å²) in [5.74, 6) is -0.320. The normalized spacial score (nSPS) is 10.2. The number of rotatable bonds is 8. The van der Waals surface area contributed by atoms with Crippen molar-refractivity contribution in [2.24, 2.45) is 0 Å². The smallest absolute Gasteiger partial charge is 0.303 e. The first-order chi connectivity index (χ1) is 9.00. The van der Waals surface area contributed by atoms with Gasteiger partial charge in [-0.05, 0) is 19.8 Å². The largest absolute Gasteiger partial charge is 0.481 e. The van der Waals surface area contributed by atoms with Crippen LogP contribution < -0.4 is 5.32 Å². The summed E-state index contributed by atoms with van der Waals surface area (Å²) in [6.45, 7) is 2.26. The Kier molecular flexibility index (Phi) is 5.72. The number of hydrogen-bond donors (Lipinski definition) is 2. The van der Waals surface area contributed by atoms with Crippen LogP contribution in [0.1, 0.15) is 31.2 Å². The van der Waals surface area contributed by atoms with Crippen LogP contribution in [0.3, 0.4) is 0 Å². The molecule has 2 N–H and O–H groups in total. The summed E-state index contributed by atoms with van der Waals surface area (Å²) in [6, 6.07) is 1.41. The van der Waals surface area contributed by atoms with Crippen LogP contribution in [0.4, 0.5) is 11.5 Å². The van der Waals surface area contributed by atoms with Gasteiger partial charge in [-0.2, -0.15) is 0 Å². The lowest BCUT2D eigenvalue weighted by Gasteiger charge is -2.05. The van der Waals surface area contributed by atoms with Crippen molar-refractivity contribution in [2.45, 2.75) is 32.6 Å². The highest BCUT2D eigenvalue weighted by molar-refractivity contribution is 5.66. The van der Waals surface area contributed by atoms with Crippen LogP contribution in [0.2, 0.25) is 0 Å². The van der Waals surface area contributed by atoms with Gasteiger partial charge in [-0.15, -0.1) is 0 Å². The van der Waals surface area contributed by atoms with E-state index in [0.717, 1.165) is 12.8 Å². The molecule has 0 fully saturated rings. The Bertz CT molecular complexity index is 462. The maximum Gasteiger partial charge on any atom is 0.303 e. The molecule has 0 saturated heterocycles. The molecule has 0 spiro atoms. The molecule has 0 aliphatic heterocycles. The first kappa shape index (κ1) is 14.9. The van der Waals surface area contributed by atoms with Gasteiger partial charge in [-0.1, -0.05) is 6.42 Å². The second kappa shape index (κ2) is 7.30. The number of carbonyl (C=O) groups is 1. The van der Waals surface area contributed by atoms with Gasteiger partial charge in [0.05, 0.1) is 11.0 Å². The van der Waals surface area contributed by atoms with Crippen molar-refractivity contribution < 1.29 is 14.8 Å². The van der Waals surface area contributed by atoms with Crippen LogP contribution in [0.5, 0.6) is 0 Å². The number of aromatic nitrogens is 1. The molecule has 0 bridgehead atoms. The fraction of sp³-hybridized carbons (Fsp3) is 0.500. The molecule has 7 nitrogen and oxygen atoms in total. The lowest BCUT2D eigenvalue weighted by Crippen LogP contribution is -2.05. The highest BCUT2D eigenvalue weighted by Crippen LogP contribution is 2.19. The summed E-state index contributed by atoms with van der Waals surface area (Å²) in [5, 5.41) is 22.2. The second-order valence-electron chi connectivity index (χ2n) is 4.24. The Morgan fingerprint density at radius 1 is 1.47 bits per heavy atom. The van der Waals surface area contributed by atoms with E-state index in [1.807, 2.05) is 0 Å². The van der Waals surface area contributed by atoms with E-state index >= 15 is 0 Å². The first-order valence-corrected chi connectivity index (χ1v) is 6.07. The van der Waals surface area contributed by atoms with Gasteiger partial charge in [-0.3, -0.25) is 14.9 Å². The molecule has 0 unspecified atom stereocenters. The molecule has 1 heterocycles. The third-order valence-electron chi connectivity index (χ3n) is 2.64. The molecule has 0 radical (unpaired) electrons. The maximum absolute atomic E-state index is 10.7. The van der Waals surface area contributed by atoms with Gasteiger partial charge in [-0.25, -0.2) is 4.98 Å². The summed E-state index contributed by atoms with van der Waals surface area (Å²) < 4.78 is 0. The molecular formula is C12H17N3O4. The SMILES string of the molecule is Cc1cnc(NCCCCCC(=O)O)cc1[N+](=O)[O-]. The maximum atomic E-state index is 10.7. The third-order valence-corrected chi connectivity index (χ3v) is 2.64. The molecule has 1 aromatic heterocycles. The Hall–Kier alpha value is -2.18. The number of pyridine rings is 1. The number of nitrogens with one attached hydrogen (secondary N) is 1. The van der Waals surface area contributed by atoms with Gasteiger partial charge < -0.3 is 10.4 Å². The number of nitro groups is 1. The van der Waals surface area contributed by atoms with Gasteiger partial charge in [0, 0.05) is 24.7 Å². The number of unbranched alkanes of at least 4 members (excludes halogenated alkanes) is 2. The van der Waals surface area contributed by atoms with Gasteiger partial charge in [0.15, 0.2) is 0 Å². The molecule has 0 aliphatic rings. The first-order valence-electron chi connectivity index (χ1n) is 6.07. The lowest BCUT2D eigenvalue weighted by molar-refractivity contribution is -0.385. The van der Waals surface area contributed by atoms with Crippen molar-refractivity contribution in [2.75, 3.05) is 11.9 Å². The van der Waals surface area contributed by atoms with E-state index in [1.165, 1.54) is 12.3 Å². The van der Waals surface area contributed by atoms with Crippen LogP contribution >= 0.6 is 0 Å². The molecule has 0 aliphatic carbocycles. The number of aryl methyl sites for hydroxylation is 1. The third kappa shape index (κ3) is 5.33. The Morgan fingerprint density at radius 3 is 2.84 bits per heavy atom. The van der Waals surface area contributed by atoms with Crippen LogP contribution in [-0.4, -0.2) is 27.5 Å². The van der Waals surface area contributed by atoms with E-state index in [4.69, 9.17) is 5.11 Å².